The van der Waals surface area contributed by atoms with Crippen molar-refractivity contribution in [2.45, 2.75) is 19.4 Å². The molecule has 6 nitrogen and oxygen atoms in total. The Morgan fingerprint density at radius 3 is 2.31 bits per heavy atom. The van der Waals surface area contributed by atoms with Gasteiger partial charge in [0.2, 0.25) is 11.7 Å². The summed E-state index contributed by atoms with van der Waals surface area (Å²) in [6.45, 7) is 0.846. The van der Waals surface area contributed by atoms with Gasteiger partial charge in [-0.15, -0.1) is 0 Å². The number of methoxy groups -OCH3 is 3. The quantitative estimate of drug-likeness (QED) is 0.660. The number of carbonyl (C=O) groups is 1. The Bertz CT molecular complexity index is 703. The first-order valence-electron chi connectivity index (χ1n) is 8.42. The zero-order valence-corrected chi connectivity index (χ0v) is 15.4. The van der Waals surface area contributed by atoms with E-state index in [2.05, 4.69) is 5.32 Å². The Morgan fingerprint density at radius 1 is 0.923 bits per heavy atom. The molecule has 26 heavy (non-hydrogen) atoms. The number of rotatable bonds is 10. The van der Waals surface area contributed by atoms with E-state index in [4.69, 9.17) is 18.9 Å². The van der Waals surface area contributed by atoms with Crippen LogP contribution in [-0.4, -0.2) is 33.8 Å². The molecule has 140 valence electrons. The first-order valence-corrected chi connectivity index (χ1v) is 8.42. The van der Waals surface area contributed by atoms with Crippen molar-refractivity contribution in [2.24, 2.45) is 0 Å². The van der Waals surface area contributed by atoms with Crippen molar-refractivity contribution >= 4 is 5.91 Å². The lowest BCUT2D eigenvalue weighted by atomic mass is 10.1. The van der Waals surface area contributed by atoms with Gasteiger partial charge in [-0.25, -0.2) is 0 Å². The molecule has 2 rings (SSSR count). The van der Waals surface area contributed by atoms with E-state index in [1.54, 1.807) is 27.4 Å². The maximum atomic E-state index is 12.0. The summed E-state index contributed by atoms with van der Waals surface area (Å²) in [6, 6.07) is 13.2. The molecule has 0 aromatic heterocycles. The van der Waals surface area contributed by atoms with Gasteiger partial charge in [-0.2, -0.15) is 0 Å². The largest absolute Gasteiger partial charge is 0.494 e. The van der Waals surface area contributed by atoms with Gasteiger partial charge in [0.15, 0.2) is 11.5 Å². The lowest BCUT2D eigenvalue weighted by Crippen LogP contribution is -2.23. The van der Waals surface area contributed by atoms with E-state index in [9.17, 15) is 4.79 Å². The van der Waals surface area contributed by atoms with Crippen molar-refractivity contribution in [1.29, 1.82) is 0 Å². The van der Waals surface area contributed by atoms with Crippen LogP contribution < -0.4 is 24.3 Å². The molecule has 0 heterocycles. The van der Waals surface area contributed by atoms with Gasteiger partial charge in [0.25, 0.3) is 0 Å². The Morgan fingerprint density at radius 2 is 1.65 bits per heavy atom. The van der Waals surface area contributed by atoms with Crippen LogP contribution in [-0.2, 0) is 11.3 Å². The lowest BCUT2D eigenvalue weighted by molar-refractivity contribution is -0.121. The molecule has 0 aliphatic rings. The van der Waals surface area contributed by atoms with Gasteiger partial charge in [-0.3, -0.25) is 4.79 Å². The lowest BCUT2D eigenvalue weighted by Gasteiger charge is -2.16. The minimum absolute atomic E-state index is 0.0431. The molecule has 0 aliphatic heterocycles. The molecule has 0 saturated heterocycles. The Kier molecular flexibility index (Phi) is 7.61. The molecule has 2 aromatic rings. The highest BCUT2D eigenvalue weighted by Crippen LogP contribution is 2.39. The molecule has 1 N–H and O–H groups in total. The molecular formula is C20H25NO5. The topological polar surface area (TPSA) is 66.0 Å². The predicted octanol–water partition coefficient (Wildman–Crippen LogP) is 3.19. The van der Waals surface area contributed by atoms with E-state index in [1.807, 2.05) is 36.4 Å². The third kappa shape index (κ3) is 5.31. The Hall–Kier alpha value is -2.89. The van der Waals surface area contributed by atoms with Crippen LogP contribution in [0.15, 0.2) is 42.5 Å². The molecule has 0 radical (unpaired) electrons. The van der Waals surface area contributed by atoms with Crippen molar-refractivity contribution in [2.75, 3.05) is 27.9 Å². The number of amides is 1. The molecule has 0 bridgehead atoms. The third-order valence-corrected chi connectivity index (χ3v) is 3.82. The summed E-state index contributed by atoms with van der Waals surface area (Å²) in [6.07, 6.45) is 1.03. The second kappa shape index (κ2) is 10.2. The average Bonchev–Trinajstić information content (AvgIpc) is 2.69. The number of carbonyl (C=O) groups excluding carboxylic acids is 1. The second-order valence-electron chi connectivity index (χ2n) is 5.54. The fraction of sp³-hybridized carbons (Fsp3) is 0.350. The maximum Gasteiger partial charge on any atom is 0.220 e. The van der Waals surface area contributed by atoms with Crippen molar-refractivity contribution in [1.82, 2.24) is 5.32 Å². The van der Waals surface area contributed by atoms with Crippen LogP contribution in [0.3, 0.4) is 0 Å². The van der Waals surface area contributed by atoms with Crippen LogP contribution in [0, 0.1) is 0 Å². The number of ether oxygens (including phenoxy) is 4. The SMILES string of the molecule is COc1ccc(CNC(=O)CCCOc2ccccc2)c(OC)c1OC. The van der Waals surface area contributed by atoms with Crippen LogP contribution in [0.5, 0.6) is 23.0 Å². The molecule has 0 atom stereocenters. The van der Waals surface area contributed by atoms with E-state index < -0.39 is 0 Å². The van der Waals surface area contributed by atoms with Crippen molar-refractivity contribution in [3.63, 3.8) is 0 Å². The molecule has 2 aromatic carbocycles. The minimum atomic E-state index is -0.0431. The van der Waals surface area contributed by atoms with Crippen LogP contribution in [0.1, 0.15) is 18.4 Å². The summed E-state index contributed by atoms with van der Waals surface area (Å²) in [5.41, 5.74) is 0.819. The van der Waals surface area contributed by atoms with Gasteiger partial charge in [0.05, 0.1) is 27.9 Å². The van der Waals surface area contributed by atoms with Gasteiger partial charge in [-0.1, -0.05) is 18.2 Å². The third-order valence-electron chi connectivity index (χ3n) is 3.82. The smallest absolute Gasteiger partial charge is 0.220 e. The van der Waals surface area contributed by atoms with Crippen LogP contribution in [0.2, 0.25) is 0 Å². The summed E-state index contributed by atoms with van der Waals surface area (Å²) in [5.74, 6) is 2.41. The highest BCUT2D eigenvalue weighted by Gasteiger charge is 2.16. The fourth-order valence-electron chi connectivity index (χ4n) is 2.52. The summed E-state index contributed by atoms with van der Waals surface area (Å²) < 4.78 is 21.6. The normalized spacial score (nSPS) is 10.1. The first kappa shape index (κ1) is 19.4. The van der Waals surface area contributed by atoms with Gasteiger partial charge < -0.3 is 24.3 Å². The molecule has 0 unspecified atom stereocenters. The van der Waals surface area contributed by atoms with Crippen molar-refractivity contribution < 1.29 is 23.7 Å². The van der Waals surface area contributed by atoms with E-state index in [0.29, 0.717) is 43.2 Å². The highest BCUT2D eigenvalue weighted by atomic mass is 16.5. The van der Waals surface area contributed by atoms with E-state index in [0.717, 1.165) is 11.3 Å². The van der Waals surface area contributed by atoms with Gasteiger partial charge >= 0.3 is 0 Å². The highest BCUT2D eigenvalue weighted by molar-refractivity contribution is 5.76. The number of hydrogen-bond donors (Lipinski definition) is 1. The van der Waals surface area contributed by atoms with E-state index >= 15 is 0 Å². The molecule has 0 aliphatic carbocycles. The van der Waals surface area contributed by atoms with Crippen LogP contribution in [0.25, 0.3) is 0 Å². The molecule has 0 saturated carbocycles. The fourth-order valence-corrected chi connectivity index (χ4v) is 2.52. The van der Waals surface area contributed by atoms with Crippen molar-refractivity contribution in [3.8, 4) is 23.0 Å². The Balaban J connectivity index is 1.81. The maximum absolute atomic E-state index is 12.0. The standard InChI is InChI=1S/C20H25NO5/c1-23-17-12-11-15(19(24-2)20(17)25-3)14-21-18(22)10-7-13-26-16-8-5-4-6-9-16/h4-6,8-9,11-12H,7,10,13-14H2,1-3H3,(H,21,22). The minimum Gasteiger partial charge on any atom is -0.494 e. The summed E-state index contributed by atoms with van der Waals surface area (Å²) in [7, 11) is 4.68. The molecule has 1 amide bonds. The molecule has 6 heteroatoms. The monoisotopic (exact) mass is 359 g/mol. The number of hydrogen-bond acceptors (Lipinski definition) is 5. The zero-order chi connectivity index (χ0) is 18.8. The summed E-state index contributed by atoms with van der Waals surface area (Å²) in [5, 5.41) is 2.89. The van der Waals surface area contributed by atoms with Crippen molar-refractivity contribution in [3.05, 3.63) is 48.0 Å². The van der Waals surface area contributed by atoms with Gasteiger partial charge in [0, 0.05) is 18.5 Å². The molecule has 0 fully saturated rings. The van der Waals surface area contributed by atoms with Gasteiger partial charge in [0.1, 0.15) is 5.75 Å². The van der Waals surface area contributed by atoms with Crippen LogP contribution in [0.4, 0.5) is 0 Å². The summed E-state index contributed by atoms with van der Waals surface area (Å²) >= 11 is 0. The Labute approximate surface area is 154 Å². The number of para-hydroxylation sites is 1. The van der Waals surface area contributed by atoms with E-state index in [1.165, 1.54) is 0 Å². The zero-order valence-electron chi connectivity index (χ0n) is 15.4. The number of benzene rings is 2. The van der Waals surface area contributed by atoms with E-state index in [-0.39, 0.29) is 5.91 Å². The second-order valence-corrected chi connectivity index (χ2v) is 5.54. The van der Waals surface area contributed by atoms with Gasteiger partial charge in [-0.05, 0) is 30.7 Å². The molecule has 0 spiro atoms. The number of nitrogens with one attached hydrogen (secondary N) is 1. The predicted molar refractivity (Wildman–Crippen MR) is 99.1 cm³/mol. The average molecular weight is 359 g/mol. The molecular weight excluding hydrogens is 334 g/mol. The van der Waals surface area contributed by atoms with Crippen LogP contribution >= 0.6 is 0 Å². The first-order chi connectivity index (χ1) is 12.7. The summed E-state index contributed by atoms with van der Waals surface area (Å²) in [4.78, 5) is 12.0.